The zero-order valence-electron chi connectivity index (χ0n) is 16.8. The van der Waals surface area contributed by atoms with E-state index in [2.05, 4.69) is 37.8 Å². The SMILES string of the molecule is CC1CCC(NC(=O)N(CCCl)N=O)CC1.CN(C)N=Nc1nc[nH]c1C(N)=O. The largest absolute Gasteiger partial charge is 0.364 e. The Balaban J connectivity index is 0.000000296. The van der Waals surface area contributed by atoms with Crippen molar-refractivity contribution in [3.63, 3.8) is 0 Å². The van der Waals surface area contributed by atoms with E-state index in [1.54, 1.807) is 14.1 Å². The van der Waals surface area contributed by atoms with Gasteiger partial charge in [0.15, 0.2) is 5.69 Å². The van der Waals surface area contributed by atoms with Crippen molar-refractivity contribution in [2.45, 2.75) is 38.6 Å². The minimum Gasteiger partial charge on any atom is -0.364 e. The Kier molecular flexibility index (Phi) is 10.6. The maximum atomic E-state index is 11.6. The van der Waals surface area contributed by atoms with Crippen LogP contribution >= 0.6 is 11.6 Å². The summed E-state index contributed by atoms with van der Waals surface area (Å²) in [6.45, 7) is 2.37. The van der Waals surface area contributed by atoms with Gasteiger partial charge in [0, 0.05) is 26.0 Å². The highest BCUT2D eigenvalue weighted by molar-refractivity contribution is 6.18. The minimum absolute atomic E-state index is 0.153. The first kappa shape index (κ1) is 24.3. The molecule has 1 aliphatic carbocycles. The Hall–Kier alpha value is -2.76. The monoisotopic (exact) mass is 429 g/mol. The van der Waals surface area contributed by atoms with Gasteiger partial charge in [0.1, 0.15) is 0 Å². The number of aromatic nitrogens is 2. The Morgan fingerprint density at radius 1 is 1.34 bits per heavy atom. The smallest absolute Gasteiger partial charge is 0.340 e. The van der Waals surface area contributed by atoms with E-state index in [1.807, 2.05) is 0 Å². The lowest BCUT2D eigenvalue weighted by Crippen LogP contribution is -2.44. The van der Waals surface area contributed by atoms with Gasteiger partial charge >= 0.3 is 6.03 Å². The highest BCUT2D eigenvalue weighted by atomic mass is 35.5. The van der Waals surface area contributed by atoms with E-state index in [0.717, 1.165) is 36.6 Å². The molecule has 1 heterocycles. The summed E-state index contributed by atoms with van der Waals surface area (Å²) in [5, 5.41) is 15.2. The number of primary amides is 1. The maximum absolute atomic E-state index is 11.6. The summed E-state index contributed by atoms with van der Waals surface area (Å²) in [6, 6.07) is -0.265. The number of carbonyl (C=O) groups is 2. The van der Waals surface area contributed by atoms with Gasteiger partial charge in [-0.1, -0.05) is 12.1 Å². The Morgan fingerprint density at radius 3 is 2.52 bits per heavy atom. The van der Waals surface area contributed by atoms with Gasteiger partial charge < -0.3 is 16.0 Å². The summed E-state index contributed by atoms with van der Waals surface area (Å²) in [4.78, 5) is 39.1. The van der Waals surface area contributed by atoms with Crippen LogP contribution in [-0.4, -0.2) is 64.5 Å². The molecular weight excluding hydrogens is 402 g/mol. The predicted molar refractivity (Wildman–Crippen MR) is 108 cm³/mol. The molecular formula is C16H28ClN9O3. The zero-order valence-corrected chi connectivity index (χ0v) is 17.6. The summed E-state index contributed by atoms with van der Waals surface area (Å²) < 4.78 is 0. The molecule has 0 radical (unpaired) electrons. The van der Waals surface area contributed by atoms with E-state index in [-0.39, 0.29) is 30.0 Å². The molecule has 0 atom stereocenters. The molecule has 12 nitrogen and oxygen atoms in total. The normalized spacial score (nSPS) is 18.5. The fourth-order valence-corrected chi connectivity index (χ4v) is 2.75. The van der Waals surface area contributed by atoms with E-state index in [9.17, 15) is 14.5 Å². The van der Waals surface area contributed by atoms with Crippen LogP contribution < -0.4 is 11.1 Å². The third-order valence-electron chi connectivity index (χ3n) is 4.16. The van der Waals surface area contributed by atoms with Gasteiger partial charge in [-0.3, -0.25) is 9.80 Å². The molecule has 0 aliphatic heterocycles. The molecule has 0 aromatic carbocycles. The van der Waals surface area contributed by atoms with Gasteiger partial charge in [-0.15, -0.1) is 21.6 Å². The number of nitrogens with one attached hydrogen (secondary N) is 2. The molecule has 4 N–H and O–H groups in total. The molecule has 1 aromatic rings. The van der Waals surface area contributed by atoms with Crippen LogP contribution in [0.15, 0.2) is 22.0 Å². The number of carbonyl (C=O) groups excluding carboxylic acids is 2. The van der Waals surface area contributed by atoms with Gasteiger partial charge in [0.05, 0.1) is 18.2 Å². The summed E-state index contributed by atoms with van der Waals surface area (Å²) in [5.41, 5.74) is 5.20. The number of hydrogen-bond acceptors (Lipinski definition) is 7. The average Bonchev–Trinajstić information content (AvgIpc) is 3.15. The fraction of sp³-hybridized carbons (Fsp3) is 0.688. The number of urea groups is 1. The van der Waals surface area contributed by atoms with Crippen molar-refractivity contribution in [3.8, 4) is 0 Å². The molecule has 0 spiro atoms. The van der Waals surface area contributed by atoms with Crippen molar-refractivity contribution < 1.29 is 9.59 Å². The van der Waals surface area contributed by atoms with Crippen LogP contribution in [0.3, 0.4) is 0 Å². The summed E-state index contributed by atoms with van der Waals surface area (Å²) in [7, 11) is 3.42. The first-order chi connectivity index (χ1) is 13.8. The number of nitroso groups, excluding NO2 is 1. The van der Waals surface area contributed by atoms with Crippen molar-refractivity contribution in [1.82, 2.24) is 25.3 Å². The molecule has 1 saturated carbocycles. The van der Waals surface area contributed by atoms with E-state index in [1.165, 1.54) is 11.3 Å². The number of nitrogens with zero attached hydrogens (tertiary/aromatic N) is 6. The Morgan fingerprint density at radius 2 is 2.00 bits per heavy atom. The van der Waals surface area contributed by atoms with Crippen LogP contribution in [0.1, 0.15) is 43.1 Å². The van der Waals surface area contributed by atoms with Crippen molar-refractivity contribution in [1.29, 1.82) is 0 Å². The van der Waals surface area contributed by atoms with Gasteiger partial charge in [0.2, 0.25) is 5.82 Å². The van der Waals surface area contributed by atoms with Gasteiger partial charge in [-0.05, 0) is 31.6 Å². The number of amides is 3. The molecule has 0 unspecified atom stereocenters. The first-order valence-electron chi connectivity index (χ1n) is 9.17. The number of halogens is 1. The third-order valence-corrected chi connectivity index (χ3v) is 4.33. The number of nitrogens with two attached hydrogens (primary N) is 1. The molecule has 0 saturated heterocycles. The lowest BCUT2D eigenvalue weighted by Gasteiger charge is -2.27. The first-order valence-corrected chi connectivity index (χ1v) is 9.71. The van der Waals surface area contributed by atoms with Gasteiger partial charge in [-0.2, -0.15) is 5.01 Å². The molecule has 3 amide bonds. The van der Waals surface area contributed by atoms with E-state index < -0.39 is 11.9 Å². The van der Waals surface area contributed by atoms with E-state index >= 15 is 0 Å². The predicted octanol–water partition coefficient (Wildman–Crippen LogP) is 2.57. The second kappa shape index (κ2) is 12.6. The average molecular weight is 430 g/mol. The molecule has 1 aliphatic rings. The second-order valence-electron chi connectivity index (χ2n) is 6.80. The zero-order chi connectivity index (χ0) is 21.8. The molecule has 1 fully saturated rings. The molecule has 2 rings (SSSR count). The van der Waals surface area contributed by atoms with Crippen LogP contribution in [0.2, 0.25) is 0 Å². The minimum atomic E-state index is -0.606. The molecule has 0 bridgehead atoms. The van der Waals surface area contributed by atoms with Crippen LogP contribution in [0.4, 0.5) is 10.6 Å². The lowest BCUT2D eigenvalue weighted by molar-refractivity contribution is 0.0996. The standard InChI is InChI=1S/C10H18ClN3O2.C6H10N6O/c1-8-2-4-9(5-3-8)12-10(15)14(13-16)7-6-11;1-12(2)11-10-6-4(5(7)13)8-3-9-6/h8-9H,2-7H2,1H3,(H,12,15);3H,1-2H3,(H2,7,13)(H,8,9). The molecule has 1 aromatic heterocycles. The van der Waals surface area contributed by atoms with Gasteiger partial charge in [-0.25, -0.2) is 9.78 Å². The number of hydrogen-bond donors (Lipinski definition) is 3. The van der Waals surface area contributed by atoms with Crippen molar-refractivity contribution in [2.24, 2.45) is 27.3 Å². The van der Waals surface area contributed by atoms with Crippen molar-refractivity contribution in [3.05, 3.63) is 16.9 Å². The van der Waals surface area contributed by atoms with Crippen LogP contribution in [-0.2, 0) is 0 Å². The van der Waals surface area contributed by atoms with Crippen LogP contribution in [0.25, 0.3) is 0 Å². The summed E-state index contributed by atoms with van der Waals surface area (Å²) in [6.07, 6.45) is 5.52. The quantitative estimate of drug-likeness (QED) is 0.262. The highest BCUT2D eigenvalue weighted by Gasteiger charge is 2.22. The van der Waals surface area contributed by atoms with Crippen molar-refractivity contribution >= 4 is 29.4 Å². The summed E-state index contributed by atoms with van der Waals surface area (Å²) in [5.74, 6) is 0.531. The number of imidazole rings is 1. The van der Waals surface area contributed by atoms with Crippen molar-refractivity contribution in [2.75, 3.05) is 26.5 Å². The Labute approximate surface area is 174 Å². The number of aromatic amines is 1. The number of H-pyrrole nitrogens is 1. The molecule has 162 valence electrons. The molecule has 13 heteroatoms. The summed E-state index contributed by atoms with van der Waals surface area (Å²) >= 11 is 5.46. The topological polar surface area (TPSA) is 162 Å². The second-order valence-corrected chi connectivity index (χ2v) is 7.18. The van der Waals surface area contributed by atoms with E-state index in [0.29, 0.717) is 0 Å². The van der Waals surface area contributed by atoms with Crippen LogP contribution in [0.5, 0.6) is 0 Å². The van der Waals surface area contributed by atoms with E-state index in [4.69, 9.17) is 17.3 Å². The third kappa shape index (κ3) is 8.85. The van der Waals surface area contributed by atoms with Crippen LogP contribution in [0, 0.1) is 10.8 Å². The lowest BCUT2D eigenvalue weighted by atomic mass is 9.87. The Bertz CT molecular complexity index is 687. The maximum Gasteiger partial charge on any atom is 0.340 e. The molecule has 29 heavy (non-hydrogen) atoms. The number of alkyl halides is 1. The fourth-order valence-electron chi connectivity index (χ4n) is 2.59. The highest BCUT2D eigenvalue weighted by Crippen LogP contribution is 2.23. The number of rotatable bonds is 7. The van der Waals surface area contributed by atoms with Gasteiger partial charge in [0.25, 0.3) is 5.91 Å².